The highest BCUT2D eigenvalue weighted by Gasteiger charge is 2.04. The molecule has 1 unspecified atom stereocenters. The van der Waals surface area contributed by atoms with Gasteiger partial charge in [0.2, 0.25) is 0 Å². The molecule has 0 fully saturated rings. The van der Waals surface area contributed by atoms with Gasteiger partial charge >= 0.3 is 0 Å². The minimum Gasteiger partial charge on any atom is -0.494 e. The Labute approximate surface area is 122 Å². The molecule has 0 bridgehead atoms. The van der Waals surface area contributed by atoms with Crippen LogP contribution in [0.15, 0.2) is 24.3 Å². The normalized spacial score (nSPS) is 12.3. The van der Waals surface area contributed by atoms with Crippen molar-refractivity contribution in [2.75, 3.05) is 33.0 Å². The zero-order valence-corrected chi connectivity index (χ0v) is 12.6. The van der Waals surface area contributed by atoms with Crippen LogP contribution in [-0.4, -0.2) is 38.1 Å². The highest BCUT2D eigenvalue weighted by molar-refractivity contribution is 5.28. The summed E-state index contributed by atoms with van der Waals surface area (Å²) < 4.78 is 10.8. The van der Waals surface area contributed by atoms with Crippen molar-refractivity contribution in [3.8, 4) is 5.75 Å². The molecule has 0 aliphatic rings. The molecule has 0 spiro atoms. The third-order valence-corrected chi connectivity index (χ3v) is 3.00. The molecule has 4 heteroatoms. The Kier molecular flexibility index (Phi) is 9.04. The summed E-state index contributed by atoms with van der Waals surface area (Å²) in [5, 5.41) is 12.0. The molecule has 20 heavy (non-hydrogen) atoms. The minimum absolute atomic E-state index is 0.0935. The Balaban J connectivity index is 2.23. The first kappa shape index (κ1) is 17.0. The number of benzene rings is 1. The van der Waals surface area contributed by atoms with Crippen molar-refractivity contribution in [3.05, 3.63) is 29.8 Å². The second kappa shape index (κ2) is 10.7. The van der Waals surface area contributed by atoms with E-state index in [-0.39, 0.29) is 6.61 Å². The Bertz CT molecular complexity index is 340. The fourth-order valence-corrected chi connectivity index (χ4v) is 1.85. The largest absolute Gasteiger partial charge is 0.494 e. The van der Waals surface area contributed by atoms with Crippen molar-refractivity contribution < 1.29 is 14.6 Å². The average Bonchev–Trinajstić information content (AvgIpc) is 2.49. The number of aliphatic hydroxyl groups is 1. The fraction of sp³-hybridized carbons (Fsp3) is 0.625. The Morgan fingerprint density at radius 3 is 2.55 bits per heavy atom. The number of nitrogens with one attached hydrogen (secondary N) is 1. The van der Waals surface area contributed by atoms with Crippen LogP contribution in [0.5, 0.6) is 5.75 Å². The second-order valence-corrected chi connectivity index (χ2v) is 4.78. The molecular weight excluding hydrogens is 254 g/mol. The van der Waals surface area contributed by atoms with Gasteiger partial charge in [-0.3, -0.25) is 0 Å². The second-order valence-electron chi connectivity index (χ2n) is 4.78. The first-order valence-corrected chi connectivity index (χ1v) is 7.42. The predicted molar refractivity (Wildman–Crippen MR) is 81.2 cm³/mol. The lowest BCUT2D eigenvalue weighted by Gasteiger charge is -2.15. The highest BCUT2D eigenvalue weighted by atomic mass is 16.5. The van der Waals surface area contributed by atoms with E-state index in [0.29, 0.717) is 19.3 Å². The molecule has 1 rings (SSSR count). The number of aliphatic hydroxyl groups excluding tert-OH is 1. The monoisotopic (exact) mass is 281 g/mol. The van der Waals surface area contributed by atoms with E-state index < -0.39 is 0 Å². The van der Waals surface area contributed by atoms with Gasteiger partial charge in [0, 0.05) is 12.6 Å². The van der Waals surface area contributed by atoms with Crippen molar-refractivity contribution in [2.45, 2.75) is 32.7 Å². The van der Waals surface area contributed by atoms with Crippen molar-refractivity contribution in [1.82, 2.24) is 5.32 Å². The van der Waals surface area contributed by atoms with Crippen LogP contribution in [0.1, 0.15) is 38.3 Å². The van der Waals surface area contributed by atoms with Gasteiger partial charge in [-0.1, -0.05) is 19.1 Å². The van der Waals surface area contributed by atoms with Gasteiger partial charge < -0.3 is 19.9 Å². The summed E-state index contributed by atoms with van der Waals surface area (Å²) in [6.45, 7) is 7.12. The Morgan fingerprint density at radius 1 is 1.15 bits per heavy atom. The maximum atomic E-state index is 8.59. The quantitative estimate of drug-likeness (QED) is 0.612. The first-order valence-electron chi connectivity index (χ1n) is 7.42. The molecule has 0 radical (unpaired) electrons. The lowest BCUT2D eigenvalue weighted by molar-refractivity contribution is 0.0904. The van der Waals surface area contributed by atoms with Crippen LogP contribution in [-0.2, 0) is 4.74 Å². The summed E-state index contributed by atoms with van der Waals surface area (Å²) in [6.07, 6.45) is 1.97. The van der Waals surface area contributed by atoms with Crippen LogP contribution < -0.4 is 10.1 Å². The zero-order chi connectivity index (χ0) is 14.6. The molecule has 0 aliphatic carbocycles. The van der Waals surface area contributed by atoms with Gasteiger partial charge in [-0.2, -0.15) is 0 Å². The molecule has 0 aromatic heterocycles. The molecule has 0 aliphatic heterocycles. The molecular formula is C16H27NO3. The molecule has 1 atom stereocenters. The van der Waals surface area contributed by atoms with Crippen molar-refractivity contribution in [3.63, 3.8) is 0 Å². The topological polar surface area (TPSA) is 50.7 Å². The van der Waals surface area contributed by atoms with Gasteiger partial charge in [0.15, 0.2) is 0 Å². The SMILES string of the molecule is CCCOc1ccc(C(C)NCCCOCCO)cc1. The van der Waals surface area contributed by atoms with E-state index in [1.54, 1.807) is 0 Å². The number of hydrogen-bond acceptors (Lipinski definition) is 4. The van der Waals surface area contributed by atoms with Crippen LogP contribution in [0.3, 0.4) is 0 Å². The lowest BCUT2D eigenvalue weighted by atomic mass is 10.1. The van der Waals surface area contributed by atoms with Crippen LogP contribution in [0, 0.1) is 0 Å². The smallest absolute Gasteiger partial charge is 0.119 e. The van der Waals surface area contributed by atoms with Gasteiger partial charge in [-0.15, -0.1) is 0 Å². The van der Waals surface area contributed by atoms with E-state index in [0.717, 1.165) is 31.7 Å². The maximum Gasteiger partial charge on any atom is 0.119 e. The highest BCUT2D eigenvalue weighted by Crippen LogP contribution is 2.17. The van der Waals surface area contributed by atoms with E-state index >= 15 is 0 Å². The van der Waals surface area contributed by atoms with Gasteiger partial charge in [-0.25, -0.2) is 0 Å². The summed E-state index contributed by atoms with van der Waals surface area (Å²) in [5.74, 6) is 0.931. The van der Waals surface area contributed by atoms with Crippen molar-refractivity contribution >= 4 is 0 Å². The summed E-state index contributed by atoms with van der Waals surface area (Å²) in [5.41, 5.74) is 1.25. The summed E-state index contributed by atoms with van der Waals surface area (Å²) >= 11 is 0. The Hall–Kier alpha value is -1.10. The van der Waals surface area contributed by atoms with Crippen LogP contribution >= 0.6 is 0 Å². The van der Waals surface area contributed by atoms with Crippen LogP contribution in [0.2, 0.25) is 0 Å². The molecule has 0 amide bonds. The predicted octanol–water partition coefficient (Wildman–Crippen LogP) is 2.53. The summed E-state index contributed by atoms with van der Waals surface area (Å²) in [7, 11) is 0. The summed E-state index contributed by atoms with van der Waals surface area (Å²) in [6, 6.07) is 8.56. The van der Waals surface area contributed by atoms with Gasteiger partial charge in [0.1, 0.15) is 5.75 Å². The van der Waals surface area contributed by atoms with Crippen LogP contribution in [0.4, 0.5) is 0 Å². The number of ether oxygens (including phenoxy) is 2. The third-order valence-electron chi connectivity index (χ3n) is 3.00. The molecule has 2 N–H and O–H groups in total. The minimum atomic E-state index is 0.0935. The standard InChI is InChI=1S/C16H27NO3/c1-3-11-20-16-7-5-15(6-8-16)14(2)17-9-4-12-19-13-10-18/h5-8,14,17-18H,3-4,9-13H2,1-2H3. The van der Waals surface area contributed by atoms with E-state index in [1.807, 2.05) is 12.1 Å². The van der Waals surface area contributed by atoms with Crippen LogP contribution in [0.25, 0.3) is 0 Å². The van der Waals surface area contributed by atoms with Gasteiger partial charge in [-0.05, 0) is 44.0 Å². The van der Waals surface area contributed by atoms with Gasteiger partial charge in [0.25, 0.3) is 0 Å². The lowest BCUT2D eigenvalue weighted by Crippen LogP contribution is -2.21. The molecule has 0 saturated heterocycles. The summed E-state index contributed by atoms with van der Waals surface area (Å²) in [4.78, 5) is 0. The third kappa shape index (κ3) is 6.89. The molecule has 0 heterocycles. The molecule has 1 aromatic rings. The van der Waals surface area contributed by atoms with Crippen molar-refractivity contribution in [1.29, 1.82) is 0 Å². The molecule has 1 aromatic carbocycles. The molecule has 0 saturated carbocycles. The van der Waals surface area contributed by atoms with E-state index in [9.17, 15) is 0 Å². The maximum absolute atomic E-state index is 8.59. The van der Waals surface area contributed by atoms with E-state index in [4.69, 9.17) is 14.6 Å². The molecule has 4 nitrogen and oxygen atoms in total. The number of rotatable bonds is 11. The first-order chi connectivity index (χ1) is 9.77. The molecule has 114 valence electrons. The average molecular weight is 281 g/mol. The van der Waals surface area contributed by atoms with E-state index in [1.165, 1.54) is 5.56 Å². The van der Waals surface area contributed by atoms with Gasteiger partial charge in [0.05, 0.1) is 19.8 Å². The number of hydrogen-bond donors (Lipinski definition) is 2. The Morgan fingerprint density at radius 2 is 1.90 bits per heavy atom. The van der Waals surface area contributed by atoms with E-state index in [2.05, 4.69) is 31.3 Å². The fourth-order valence-electron chi connectivity index (χ4n) is 1.85. The van der Waals surface area contributed by atoms with Crippen molar-refractivity contribution in [2.24, 2.45) is 0 Å². The zero-order valence-electron chi connectivity index (χ0n) is 12.6.